The zero-order chi connectivity index (χ0) is 20.4. The average molecular weight is 449 g/mol. The molecule has 0 aliphatic heterocycles. The second-order valence-corrected chi connectivity index (χ2v) is 7.66. The number of pyridine rings is 1. The third-order valence-corrected chi connectivity index (χ3v) is 4.94. The second-order valence-electron chi connectivity index (χ2n) is 6.80. The van der Waals surface area contributed by atoms with Crippen molar-refractivity contribution in [2.45, 2.75) is 52.4 Å². The first-order valence-corrected chi connectivity index (χ1v) is 9.59. The Morgan fingerprint density at radius 2 is 1.89 bits per heavy atom. The van der Waals surface area contributed by atoms with Gasteiger partial charge in [0.25, 0.3) is 0 Å². The van der Waals surface area contributed by atoms with Crippen LogP contribution in [0.3, 0.4) is 0 Å². The highest BCUT2D eigenvalue weighted by atomic mass is 79.9. The largest absolute Gasteiger partial charge is 0.490 e. The Bertz CT molecular complexity index is 797. The Morgan fingerprint density at radius 3 is 2.44 bits per heavy atom. The maximum atomic E-state index is 13.7. The van der Waals surface area contributed by atoms with E-state index in [0.29, 0.717) is 4.47 Å². The SMILES string of the molecule is CC[C@@H](C)[C@@H](N)COc1c(Br)ccc2nc(OC(C)C)cc(C(F)(F)F)c12. The number of alkyl halides is 3. The van der Waals surface area contributed by atoms with Crippen molar-refractivity contribution < 1.29 is 22.6 Å². The molecular weight excluding hydrogens is 425 g/mol. The number of ether oxygens (including phenoxy) is 2. The molecule has 0 amide bonds. The minimum Gasteiger partial charge on any atom is -0.490 e. The highest BCUT2D eigenvalue weighted by molar-refractivity contribution is 9.10. The van der Waals surface area contributed by atoms with Gasteiger partial charge in [-0.15, -0.1) is 0 Å². The van der Waals surface area contributed by atoms with Crippen molar-refractivity contribution in [2.24, 2.45) is 11.7 Å². The minimum atomic E-state index is -4.59. The summed E-state index contributed by atoms with van der Waals surface area (Å²) in [7, 11) is 0. The van der Waals surface area contributed by atoms with Crippen LogP contribution < -0.4 is 15.2 Å². The van der Waals surface area contributed by atoms with E-state index in [1.54, 1.807) is 19.9 Å². The first-order chi connectivity index (χ1) is 12.5. The van der Waals surface area contributed by atoms with Crippen LogP contribution in [0, 0.1) is 5.92 Å². The van der Waals surface area contributed by atoms with E-state index in [1.807, 2.05) is 13.8 Å². The number of hydrogen-bond acceptors (Lipinski definition) is 4. The van der Waals surface area contributed by atoms with Crippen LogP contribution >= 0.6 is 15.9 Å². The van der Waals surface area contributed by atoms with Gasteiger partial charge in [-0.1, -0.05) is 20.3 Å². The fourth-order valence-electron chi connectivity index (χ4n) is 2.56. The van der Waals surface area contributed by atoms with Crippen LogP contribution in [0.5, 0.6) is 11.6 Å². The molecule has 0 spiro atoms. The monoisotopic (exact) mass is 448 g/mol. The summed E-state index contributed by atoms with van der Waals surface area (Å²) >= 11 is 3.29. The Labute approximate surface area is 165 Å². The molecule has 0 saturated heterocycles. The maximum Gasteiger partial charge on any atom is 0.417 e. The molecule has 2 atom stereocenters. The normalized spacial score (nSPS) is 14.4. The molecule has 0 radical (unpaired) electrons. The summed E-state index contributed by atoms with van der Waals surface area (Å²) in [5.41, 5.74) is 5.37. The Hall–Kier alpha value is -1.54. The highest BCUT2D eigenvalue weighted by Gasteiger charge is 2.36. The molecule has 0 fully saturated rings. The fourth-order valence-corrected chi connectivity index (χ4v) is 3.00. The lowest BCUT2D eigenvalue weighted by Crippen LogP contribution is -2.34. The Morgan fingerprint density at radius 1 is 1.22 bits per heavy atom. The third-order valence-electron chi connectivity index (χ3n) is 4.31. The van der Waals surface area contributed by atoms with Crippen LogP contribution in [-0.2, 0) is 6.18 Å². The van der Waals surface area contributed by atoms with E-state index >= 15 is 0 Å². The number of aromatic nitrogens is 1. The van der Waals surface area contributed by atoms with Crippen LogP contribution in [0.4, 0.5) is 13.2 Å². The van der Waals surface area contributed by atoms with E-state index in [-0.39, 0.29) is 47.2 Å². The molecule has 2 N–H and O–H groups in total. The molecule has 0 saturated carbocycles. The zero-order valence-corrected chi connectivity index (χ0v) is 17.3. The predicted molar refractivity (Wildman–Crippen MR) is 103 cm³/mol. The predicted octanol–water partition coefficient (Wildman–Crippen LogP) is 5.56. The van der Waals surface area contributed by atoms with Gasteiger partial charge in [-0.25, -0.2) is 4.98 Å². The highest BCUT2D eigenvalue weighted by Crippen LogP contribution is 2.43. The van der Waals surface area contributed by atoms with Crippen LogP contribution in [0.1, 0.15) is 39.7 Å². The van der Waals surface area contributed by atoms with Crippen molar-refractivity contribution in [2.75, 3.05) is 6.61 Å². The lowest BCUT2D eigenvalue weighted by atomic mass is 10.0. The summed E-state index contributed by atoms with van der Waals surface area (Å²) in [6.07, 6.45) is -4.03. The molecule has 0 bridgehead atoms. The number of halogens is 4. The topological polar surface area (TPSA) is 57.4 Å². The molecule has 0 aliphatic rings. The van der Waals surface area contributed by atoms with Crippen molar-refractivity contribution in [3.05, 3.63) is 28.2 Å². The molecule has 0 unspecified atom stereocenters. The minimum absolute atomic E-state index is 0.0746. The average Bonchev–Trinajstić information content (AvgIpc) is 2.58. The fraction of sp³-hybridized carbons (Fsp3) is 0.526. The van der Waals surface area contributed by atoms with Gasteiger partial charge in [0.1, 0.15) is 12.4 Å². The summed E-state index contributed by atoms with van der Waals surface area (Å²) in [4.78, 5) is 4.22. The van der Waals surface area contributed by atoms with Gasteiger partial charge < -0.3 is 15.2 Å². The van der Waals surface area contributed by atoms with Crippen molar-refractivity contribution >= 4 is 26.8 Å². The summed E-state index contributed by atoms with van der Waals surface area (Å²) in [5.74, 6) is 0.196. The lowest BCUT2D eigenvalue weighted by molar-refractivity contribution is -0.136. The molecule has 150 valence electrons. The van der Waals surface area contributed by atoms with Crippen molar-refractivity contribution in [3.63, 3.8) is 0 Å². The first-order valence-electron chi connectivity index (χ1n) is 8.80. The second kappa shape index (κ2) is 8.65. The van der Waals surface area contributed by atoms with E-state index in [1.165, 1.54) is 6.07 Å². The van der Waals surface area contributed by atoms with Gasteiger partial charge in [-0.3, -0.25) is 0 Å². The number of fused-ring (bicyclic) bond motifs is 1. The first kappa shape index (κ1) is 21.8. The van der Waals surface area contributed by atoms with E-state index in [4.69, 9.17) is 15.2 Å². The van der Waals surface area contributed by atoms with Crippen LogP contribution in [0.2, 0.25) is 0 Å². The van der Waals surface area contributed by atoms with Gasteiger partial charge in [0.2, 0.25) is 5.88 Å². The van der Waals surface area contributed by atoms with E-state index < -0.39 is 11.7 Å². The van der Waals surface area contributed by atoms with Crippen LogP contribution in [0.25, 0.3) is 10.9 Å². The summed E-state index contributed by atoms with van der Waals surface area (Å²) < 4.78 is 52.8. The standard InChI is InChI=1S/C19H24BrF3N2O2/c1-5-11(4)14(24)9-26-18-13(20)6-7-15-17(18)12(19(21,22)23)8-16(25-15)27-10(2)3/h6-8,10-11,14H,5,9,24H2,1-4H3/t11-,14+/m1/s1. The summed E-state index contributed by atoms with van der Waals surface area (Å²) in [6, 6.07) is 3.74. The van der Waals surface area contributed by atoms with Gasteiger partial charge in [0, 0.05) is 12.1 Å². The molecule has 2 rings (SSSR count). The number of hydrogen-bond donors (Lipinski definition) is 1. The molecule has 2 aromatic rings. The molecule has 27 heavy (non-hydrogen) atoms. The molecule has 8 heteroatoms. The molecule has 1 aromatic heterocycles. The number of benzene rings is 1. The van der Waals surface area contributed by atoms with Gasteiger partial charge >= 0.3 is 6.18 Å². The molecule has 0 aliphatic carbocycles. The van der Waals surface area contributed by atoms with Crippen molar-refractivity contribution in [1.82, 2.24) is 4.98 Å². The van der Waals surface area contributed by atoms with Gasteiger partial charge in [0.05, 0.1) is 27.0 Å². The maximum absolute atomic E-state index is 13.7. The van der Waals surface area contributed by atoms with Crippen molar-refractivity contribution in [3.8, 4) is 11.6 Å². The van der Waals surface area contributed by atoms with Gasteiger partial charge in [-0.2, -0.15) is 13.2 Å². The number of nitrogens with zero attached hydrogens (tertiary/aromatic N) is 1. The van der Waals surface area contributed by atoms with E-state index in [0.717, 1.165) is 12.5 Å². The van der Waals surface area contributed by atoms with Crippen LogP contribution in [-0.4, -0.2) is 23.7 Å². The van der Waals surface area contributed by atoms with E-state index in [2.05, 4.69) is 20.9 Å². The van der Waals surface area contributed by atoms with Crippen molar-refractivity contribution in [1.29, 1.82) is 0 Å². The molecule has 1 aromatic carbocycles. The van der Waals surface area contributed by atoms with Crippen LogP contribution in [0.15, 0.2) is 22.7 Å². The van der Waals surface area contributed by atoms with Gasteiger partial charge in [0.15, 0.2) is 0 Å². The summed E-state index contributed by atoms with van der Waals surface area (Å²) in [5, 5.41) is -0.107. The van der Waals surface area contributed by atoms with E-state index in [9.17, 15) is 13.2 Å². The Kier molecular flexibility index (Phi) is 6.97. The molecular formula is C19H24BrF3N2O2. The smallest absolute Gasteiger partial charge is 0.417 e. The number of rotatable bonds is 7. The Balaban J connectivity index is 2.57. The van der Waals surface area contributed by atoms with Gasteiger partial charge in [-0.05, 0) is 47.8 Å². The quantitative estimate of drug-likeness (QED) is 0.602. The summed E-state index contributed by atoms with van der Waals surface area (Å²) in [6.45, 7) is 7.54. The number of nitrogens with two attached hydrogens (primary N) is 1. The molecule has 4 nitrogen and oxygen atoms in total. The molecule has 1 heterocycles. The lowest BCUT2D eigenvalue weighted by Gasteiger charge is -2.21. The third kappa shape index (κ3) is 5.25. The zero-order valence-electron chi connectivity index (χ0n) is 15.7.